The maximum atomic E-state index is 6.12. The lowest BCUT2D eigenvalue weighted by Crippen LogP contribution is -2.57. The molecule has 1 unspecified atom stereocenters. The molecule has 2 aromatic carbocycles. The molecule has 4 rings (SSSR count). The van der Waals surface area contributed by atoms with Gasteiger partial charge in [-0.3, -0.25) is 4.90 Å². The average molecular weight is 447 g/mol. The normalized spacial score (nSPS) is 18.5. The van der Waals surface area contributed by atoms with Crippen LogP contribution < -0.4 is 25.4 Å². The molecule has 9 nitrogen and oxygen atoms in total. The summed E-state index contributed by atoms with van der Waals surface area (Å²) in [7, 11) is 3.29. The van der Waals surface area contributed by atoms with Crippen LogP contribution in [0, 0.1) is 0 Å². The summed E-state index contributed by atoms with van der Waals surface area (Å²) in [4.78, 5) is 13.3. The third-order valence-electron chi connectivity index (χ3n) is 4.92. The molecule has 2 heterocycles. The van der Waals surface area contributed by atoms with Gasteiger partial charge in [0.05, 0.1) is 33.1 Å². The van der Waals surface area contributed by atoms with E-state index in [0.29, 0.717) is 13.2 Å². The molecule has 31 heavy (non-hydrogen) atoms. The lowest BCUT2D eigenvalue weighted by Gasteiger charge is -2.41. The number of methoxy groups -OCH3 is 2. The van der Waals surface area contributed by atoms with Crippen molar-refractivity contribution in [2.75, 3.05) is 50.7 Å². The molecule has 3 N–H and O–H groups in total. The van der Waals surface area contributed by atoms with Gasteiger partial charge in [0.1, 0.15) is 11.5 Å². The summed E-state index contributed by atoms with van der Waals surface area (Å²) in [6.45, 7) is 2.71. The summed E-state index contributed by atoms with van der Waals surface area (Å²) in [5.74, 6) is 2.44. The van der Waals surface area contributed by atoms with Gasteiger partial charge in [-0.15, -0.1) is 12.4 Å². The van der Waals surface area contributed by atoms with Crippen molar-refractivity contribution in [3.63, 3.8) is 0 Å². The van der Waals surface area contributed by atoms with Crippen molar-refractivity contribution >= 4 is 35.7 Å². The van der Waals surface area contributed by atoms with E-state index >= 15 is 0 Å². The largest absolute Gasteiger partial charge is 0.497 e. The molecule has 0 bridgehead atoms. The number of halogens is 1. The number of nitrogens with zero attached hydrogens (tertiary/aromatic N) is 4. The second kappa shape index (κ2) is 10.2. The van der Waals surface area contributed by atoms with Crippen LogP contribution in [0.3, 0.4) is 0 Å². The van der Waals surface area contributed by atoms with Crippen molar-refractivity contribution in [3.05, 3.63) is 48.5 Å². The summed E-state index contributed by atoms with van der Waals surface area (Å²) in [5, 5.41) is 3.44. The second-order valence-electron chi connectivity index (χ2n) is 6.82. The molecule has 1 saturated heterocycles. The van der Waals surface area contributed by atoms with Crippen molar-refractivity contribution in [1.82, 2.24) is 4.90 Å². The van der Waals surface area contributed by atoms with E-state index in [9.17, 15) is 0 Å². The van der Waals surface area contributed by atoms with Crippen molar-refractivity contribution < 1.29 is 14.2 Å². The molecular weight excluding hydrogens is 420 g/mol. The Labute approximate surface area is 187 Å². The predicted molar refractivity (Wildman–Crippen MR) is 125 cm³/mol. The lowest BCUT2D eigenvalue weighted by molar-refractivity contribution is 0.0671. The first-order chi connectivity index (χ1) is 14.7. The molecule has 0 amide bonds. The molecule has 0 saturated carbocycles. The Kier molecular flexibility index (Phi) is 7.43. The molecule has 166 valence electrons. The van der Waals surface area contributed by atoms with Gasteiger partial charge in [0.25, 0.3) is 0 Å². The van der Waals surface area contributed by atoms with E-state index in [4.69, 9.17) is 19.9 Å². The minimum atomic E-state index is -0.500. The lowest BCUT2D eigenvalue weighted by atomic mass is 10.2. The monoisotopic (exact) mass is 446 g/mol. The average Bonchev–Trinajstić information content (AvgIpc) is 2.79. The number of guanidine groups is 2. The highest BCUT2D eigenvalue weighted by molar-refractivity contribution is 6.06. The van der Waals surface area contributed by atoms with Gasteiger partial charge in [-0.1, -0.05) is 12.1 Å². The SMILES string of the molecule is COc1cccc(NC2N=C(N)N=C(N3CCOCC3)N2c2cccc(OC)c2)c1.Cl. The number of anilines is 2. The Morgan fingerprint density at radius 3 is 2.42 bits per heavy atom. The number of rotatable bonds is 5. The second-order valence-corrected chi connectivity index (χ2v) is 6.82. The molecule has 2 aliphatic heterocycles. The van der Waals surface area contributed by atoms with Crippen LogP contribution >= 0.6 is 12.4 Å². The van der Waals surface area contributed by atoms with E-state index in [1.54, 1.807) is 14.2 Å². The van der Waals surface area contributed by atoms with E-state index in [1.165, 1.54) is 0 Å². The van der Waals surface area contributed by atoms with Gasteiger partial charge in [-0.2, -0.15) is 4.99 Å². The van der Waals surface area contributed by atoms with Crippen molar-refractivity contribution in [2.24, 2.45) is 15.7 Å². The molecule has 2 aliphatic rings. The minimum Gasteiger partial charge on any atom is -0.497 e. The zero-order valence-corrected chi connectivity index (χ0v) is 18.3. The Balaban J connectivity index is 0.00000272. The molecule has 1 fully saturated rings. The van der Waals surface area contributed by atoms with Crippen molar-refractivity contribution in [1.29, 1.82) is 0 Å². The topological polar surface area (TPSA) is 96.9 Å². The van der Waals surface area contributed by atoms with E-state index in [0.717, 1.165) is 41.9 Å². The molecule has 0 aliphatic carbocycles. The summed E-state index contributed by atoms with van der Waals surface area (Å²) < 4.78 is 16.3. The standard InChI is InChI=1S/C21H26N6O3.ClH/c1-28-17-7-3-5-15(13-17)23-20-24-19(22)25-21(26-9-11-30-12-10-26)27(20)16-6-4-8-18(14-16)29-2;/h3-8,13-14,20,23H,9-12H2,1-2H3,(H2,22,24);1H. The summed E-state index contributed by atoms with van der Waals surface area (Å²) in [5.41, 5.74) is 7.86. The van der Waals surface area contributed by atoms with Gasteiger partial charge in [0.15, 0.2) is 0 Å². The molecule has 0 spiro atoms. The minimum absolute atomic E-state index is 0. The van der Waals surface area contributed by atoms with Crippen molar-refractivity contribution in [3.8, 4) is 11.5 Å². The van der Waals surface area contributed by atoms with Crippen LogP contribution in [-0.2, 0) is 4.74 Å². The first kappa shape index (κ1) is 22.5. The third kappa shape index (κ3) is 5.12. The highest BCUT2D eigenvalue weighted by Gasteiger charge is 2.32. The number of nitrogens with two attached hydrogens (primary N) is 1. The smallest absolute Gasteiger partial charge is 0.222 e. The number of hydrogen-bond donors (Lipinski definition) is 2. The van der Waals surface area contributed by atoms with E-state index in [1.807, 2.05) is 53.4 Å². The van der Waals surface area contributed by atoms with Gasteiger partial charge in [0.2, 0.25) is 18.2 Å². The van der Waals surface area contributed by atoms with Crippen LogP contribution in [0.4, 0.5) is 11.4 Å². The summed E-state index contributed by atoms with van der Waals surface area (Å²) >= 11 is 0. The summed E-state index contributed by atoms with van der Waals surface area (Å²) in [6.07, 6.45) is -0.500. The van der Waals surface area contributed by atoms with Crippen molar-refractivity contribution in [2.45, 2.75) is 6.29 Å². The van der Waals surface area contributed by atoms with Crippen LogP contribution in [0.25, 0.3) is 0 Å². The zero-order chi connectivity index (χ0) is 20.9. The van der Waals surface area contributed by atoms with E-state index in [2.05, 4.69) is 20.2 Å². The van der Waals surface area contributed by atoms with Gasteiger partial charge in [-0.05, 0) is 24.3 Å². The highest BCUT2D eigenvalue weighted by Crippen LogP contribution is 2.28. The Bertz CT molecular complexity index is 948. The highest BCUT2D eigenvalue weighted by atomic mass is 35.5. The fourth-order valence-corrected chi connectivity index (χ4v) is 3.44. The van der Waals surface area contributed by atoms with Crippen LogP contribution in [0.15, 0.2) is 58.5 Å². The number of hydrogen-bond acceptors (Lipinski definition) is 9. The number of benzene rings is 2. The maximum absolute atomic E-state index is 6.12. The number of nitrogens with one attached hydrogen (secondary N) is 1. The van der Waals surface area contributed by atoms with Crippen LogP contribution in [-0.4, -0.2) is 63.6 Å². The fraction of sp³-hybridized carbons (Fsp3) is 0.333. The third-order valence-corrected chi connectivity index (χ3v) is 4.92. The molecule has 2 aromatic rings. The molecule has 1 atom stereocenters. The van der Waals surface area contributed by atoms with Crippen LogP contribution in [0.5, 0.6) is 11.5 Å². The first-order valence-electron chi connectivity index (χ1n) is 9.76. The Morgan fingerprint density at radius 2 is 1.71 bits per heavy atom. The Morgan fingerprint density at radius 1 is 1.03 bits per heavy atom. The zero-order valence-electron chi connectivity index (χ0n) is 17.5. The number of ether oxygens (including phenoxy) is 3. The van der Waals surface area contributed by atoms with E-state index in [-0.39, 0.29) is 18.4 Å². The molecule has 10 heteroatoms. The fourth-order valence-electron chi connectivity index (χ4n) is 3.44. The predicted octanol–water partition coefficient (Wildman–Crippen LogP) is 2.34. The molecule has 0 aromatic heterocycles. The summed E-state index contributed by atoms with van der Waals surface area (Å²) in [6, 6.07) is 15.5. The number of aliphatic imine (C=N–C) groups is 2. The molecular formula is C21H27ClN6O3. The number of morpholine rings is 1. The van der Waals surface area contributed by atoms with Crippen LogP contribution in [0.2, 0.25) is 0 Å². The van der Waals surface area contributed by atoms with Gasteiger partial charge < -0.3 is 30.2 Å². The Hall–Kier alpha value is -3.17. The van der Waals surface area contributed by atoms with Gasteiger partial charge in [-0.25, -0.2) is 4.99 Å². The van der Waals surface area contributed by atoms with Gasteiger partial charge >= 0.3 is 0 Å². The van der Waals surface area contributed by atoms with Crippen LogP contribution in [0.1, 0.15) is 0 Å². The molecule has 0 radical (unpaired) electrons. The van der Waals surface area contributed by atoms with Gasteiger partial charge in [0, 0.05) is 30.9 Å². The first-order valence-corrected chi connectivity index (χ1v) is 9.76. The maximum Gasteiger partial charge on any atom is 0.222 e. The quantitative estimate of drug-likeness (QED) is 0.727. The van der Waals surface area contributed by atoms with E-state index < -0.39 is 6.29 Å².